The zero-order valence-corrected chi connectivity index (χ0v) is 10.9. The van der Waals surface area contributed by atoms with Crippen molar-refractivity contribution in [2.75, 3.05) is 12.4 Å². The highest BCUT2D eigenvalue weighted by Crippen LogP contribution is 2.16. The van der Waals surface area contributed by atoms with Crippen molar-refractivity contribution in [2.45, 2.75) is 26.7 Å². The third-order valence-electron chi connectivity index (χ3n) is 2.53. The lowest BCUT2D eigenvalue weighted by Crippen LogP contribution is -2.03. The molecule has 0 aliphatic heterocycles. The van der Waals surface area contributed by atoms with Crippen molar-refractivity contribution in [3.8, 4) is 5.75 Å². The van der Waals surface area contributed by atoms with Crippen molar-refractivity contribution in [1.82, 2.24) is 0 Å². The summed E-state index contributed by atoms with van der Waals surface area (Å²) in [5.74, 6) is 0.333. The Labute approximate surface area is 102 Å². The van der Waals surface area contributed by atoms with Crippen LogP contribution in [0, 0.1) is 13.8 Å². The molecule has 0 radical (unpaired) electrons. The summed E-state index contributed by atoms with van der Waals surface area (Å²) >= 11 is 0. The number of rotatable bonds is 6. The van der Waals surface area contributed by atoms with E-state index in [0.29, 0.717) is 13.0 Å². The van der Waals surface area contributed by atoms with Crippen molar-refractivity contribution in [3.05, 3.63) is 29.3 Å². The van der Waals surface area contributed by atoms with Crippen LogP contribution in [0.4, 0.5) is 3.89 Å². The van der Waals surface area contributed by atoms with E-state index < -0.39 is 16.0 Å². The van der Waals surface area contributed by atoms with E-state index in [9.17, 15) is 12.3 Å². The molecule has 3 nitrogen and oxygen atoms in total. The lowest BCUT2D eigenvalue weighted by molar-refractivity contribution is 0.309. The summed E-state index contributed by atoms with van der Waals surface area (Å²) in [6, 6.07) is 5.77. The van der Waals surface area contributed by atoms with Gasteiger partial charge in [-0.1, -0.05) is 6.07 Å². The molecule has 0 bridgehead atoms. The Kier molecular flexibility index (Phi) is 4.93. The van der Waals surface area contributed by atoms with Gasteiger partial charge in [-0.2, -0.15) is 8.42 Å². The minimum atomic E-state index is -4.34. The molecular formula is C12H17FO3S. The number of aryl methyl sites for hydroxylation is 2. The monoisotopic (exact) mass is 260 g/mol. The Morgan fingerprint density at radius 3 is 2.47 bits per heavy atom. The quantitative estimate of drug-likeness (QED) is 0.583. The molecular weight excluding hydrogens is 243 g/mol. The molecule has 1 aromatic carbocycles. The Hall–Kier alpha value is -1.10. The number of benzene rings is 1. The van der Waals surface area contributed by atoms with E-state index >= 15 is 0 Å². The van der Waals surface area contributed by atoms with Crippen molar-refractivity contribution in [1.29, 1.82) is 0 Å². The number of hydrogen-bond donors (Lipinski definition) is 0. The first-order valence-corrected chi connectivity index (χ1v) is 7.06. The zero-order valence-electron chi connectivity index (χ0n) is 10.1. The summed E-state index contributed by atoms with van der Waals surface area (Å²) in [6.07, 6.45) is 0.805. The van der Waals surface area contributed by atoms with Gasteiger partial charge < -0.3 is 4.74 Å². The van der Waals surface area contributed by atoms with Crippen LogP contribution in [0.3, 0.4) is 0 Å². The lowest BCUT2D eigenvalue weighted by atomic mass is 10.1. The Balaban J connectivity index is 2.29. The summed E-state index contributed by atoms with van der Waals surface area (Å²) in [4.78, 5) is 0. The van der Waals surface area contributed by atoms with Gasteiger partial charge in [-0.25, -0.2) is 0 Å². The van der Waals surface area contributed by atoms with E-state index in [2.05, 4.69) is 0 Å². The first-order valence-electron chi connectivity index (χ1n) is 5.51. The molecule has 0 spiro atoms. The molecule has 5 heteroatoms. The average molecular weight is 260 g/mol. The van der Waals surface area contributed by atoms with Gasteiger partial charge in [0.1, 0.15) is 5.75 Å². The number of unbranched alkanes of at least 4 members (excludes halogenated alkanes) is 1. The maximum Gasteiger partial charge on any atom is 0.302 e. The highest BCUT2D eigenvalue weighted by atomic mass is 32.3. The van der Waals surface area contributed by atoms with Gasteiger partial charge in [0.15, 0.2) is 0 Å². The second kappa shape index (κ2) is 6.00. The van der Waals surface area contributed by atoms with Gasteiger partial charge in [-0.3, -0.25) is 0 Å². The van der Waals surface area contributed by atoms with Crippen LogP contribution in [-0.2, 0) is 10.2 Å². The molecule has 0 saturated carbocycles. The summed E-state index contributed by atoms with van der Waals surface area (Å²) in [5.41, 5.74) is 2.34. The molecule has 0 unspecified atom stereocenters. The van der Waals surface area contributed by atoms with Gasteiger partial charge in [0.2, 0.25) is 0 Å². The lowest BCUT2D eigenvalue weighted by Gasteiger charge is -2.07. The second-order valence-electron chi connectivity index (χ2n) is 4.04. The predicted octanol–water partition coefficient (Wildman–Crippen LogP) is 2.76. The Morgan fingerprint density at radius 2 is 1.88 bits per heavy atom. The molecule has 0 amide bonds. The molecule has 0 heterocycles. The molecule has 0 aliphatic rings. The molecule has 17 heavy (non-hydrogen) atoms. The smallest absolute Gasteiger partial charge is 0.302 e. The van der Waals surface area contributed by atoms with E-state index in [0.717, 1.165) is 11.3 Å². The van der Waals surface area contributed by atoms with Crippen molar-refractivity contribution >= 4 is 10.2 Å². The fourth-order valence-electron chi connectivity index (χ4n) is 1.37. The molecule has 0 N–H and O–H groups in total. The molecule has 1 aromatic rings. The number of hydrogen-bond acceptors (Lipinski definition) is 3. The van der Waals surface area contributed by atoms with Crippen LogP contribution in [0.2, 0.25) is 0 Å². The van der Waals surface area contributed by atoms with Crippen LogP contribution in [0.5, 0.6) is 5.75 Å². The minimum absolute atomic E-state index is 0.281. The minimum Gasteiger partial charge on any atom is -0.494 e. The fraction of sp³-hybridized carbons (Fsp3) is 0.500. The normalized spacial score (nSPS) is 11.5. The van der Waals surface area contributed by atoms with Gasteiger partial charge in [0, 0.05) is 0 Å². The van der Waals surface area contributed by atoms with Crippen LogP contribution >= 0.6 is 0 Å². The summed E-state index contributed by atoms with van der Waals surface area (Å²) in [6.45, 7) is 4.42. The van der Waals surface area contributed by atoms with Crippen LogP contribution in [-0.4, -0.2) is 20.8 Å². The number of ether oxygens (including phenoxy) is 1. The summed E-state index contributed by atoms with van der Waals surface area (Å²) in [7, 11) is -4.34. The van der Waals surface area contributed by atoms with Crippen molar-refractivity contribution in [2.24, 2.45) is 0 Å². The van der Waals surface area contributed by atoms with Gasteiger partial charge in [0.25, 0.3) is 0 Å². The highest BCUT2D eigenvalue weighted by Gasteiger charge is 2.05. The van der Waals surface area contributed by atoms with E-state index in [1.807, 2.05) is 32.0 Å². The Morgan fingerprint density at radius 1 is 1.18 bits per heavy atom. The summed E-state index contributed by atoms with van der Waals surface area (Å²) < 4.78 is 38.1. The predicted molar refractivity (Wildman–Crippen MR) is 65.5 cm³/mol. The van der Waals surface area contributed by atoms with Gasteiger partial charge in [-0.05, 0) is 49.9 Å². The molecule has 0 saturated heterocycles. The van der Waals surface area contributed by atoms with Crippen LogP contribution in [0.1, 0.15) is 24.0 Å². The molecule has 0 atom stereocenters. The zero-order chi connectivity index (χ0) is 12.9. The van der Waals surface area contributed by atoms with Gasteiger partial charge in [0.05, 0.1) is 12.4 Å². The average Bonchev–Trinajstić information content (AvgIpc) is 2.21. The van der Waals surface area contributed by atoms with E-state index in [-0.39, 0.29) is 6.42 Å². The Bertz CT molecular complexity index is 469. The van der Waals surface area contributed by atoms with E-state index in [1.54, 1.807) is 0 Å². The van der Waals surface area contributed by atoms with Crippen molar-refractivity contribution in [3.63, 3.8) is 0 Å². The molecule has 96 valence electrons. The summed E-state index contributed by atoms with van der Waals surface area (Å²) in [5, 5.41) is 0. The van der Waals surface area contributed by atoms with Crippen LogP contribution in [0.25, 0.3) is 0 Å². The fourth-order valence-corrected chi connectivity index (χ4v) is 1.92. The van der Waals surface area contributed by atoms with E-state index in [4.69, 9.17) is 4.74 Å². The first kappa shape index (κ1) is 14.0. The molecule has 0 fully saturated rings. The maximum absolute atomic E-state index is 12.2. The standard InChI is InChI=1S/C12H17FO3S/c1-10-5-6-12(9-11(10)2)16-7-3-4-8-17(13,14)15/h5-6,9H,3-4,7-8H2,1-2H3. The van der Waals surface area contributed by atoms with E-state index in [1.165, 1.54) is 5.56 Å². The van der Waals surface area contributed by atoms with Gasteiger partial charge >= 0.3 is 10.2 Å². The number of halogens is 1. The molecule has 0 aromatic heterocycles. The first-order chi connectivity index (χ1) is 7.88. The maximum atomic E-state index is 12.2. The molecule has 0 aliphatic carbocycles. The van der Waals surface area contributed by atoms with Gasteiger partial charge in [-0.15, -0.1) is 3.89 Å². The van der Waals surface area contributed by atoms with Crippen LogP contribution < -0.4 is 4.74 Å². The van der Waals surface area contributed by atoms with Crippen LogP contribution in [0.15, 0.2) is 18.2 Å². The SMILES string of the molecule is Cc1ccc(OCCCCS(=O)(=O)F)cc1C. The second-order valence-corrected chi connectivity index (χ2v) is 5.53. The highest BCUT2D eigenvalue weighted by molar-refractivity contribution is 7.86. The molecule has 1 rings (SSSR count). The van der Waals surface area contributed by atoms with Crippen molar-refractivity contribution < 1.29 is 17.0 Å². The largest absolute Gasteiger partial charge is 0.494 e. The third kappa shape index (κ3) is 5.68. The topological polar surface area (TPSA) is 43.4 Å². The third-order valence-corrected chi connectivity index (χ3v) is 3.31.